The molecule has 100 valence electrons. The van der Waals surface area contributed by atoms with Crippen LogP contribution in [0.3, 0.4) is 0 Å². The first-order chi connectivity index (χ1) is 7.72. The molecule has 0 aliphatic heterocycles. The van der Waals surface area contributed by atoms with Crippen LogP contribution in [-0.2, 0) is 4.79 Å². The summed E-state index contributed by atoms with van der Waals surface area (Å²) in [6.07, 6.45) is 1.79. The number of hydrogen-bond acceptors (Lipinski definition) is 4. The molecule has 0 saturated heterocycles. The third-order valence-corrected chi connectivity index (χ3v) is 2.35. The van der Waals surface area contributed by atoms with Crippen molar-refractivity contribution in [2.75, 3.05) is 11.9 Å². The Morgan fingerprint density at radius 1 is 1.44 bits per heavy atom. The van der Waals surface area contributed by atoms with E-state index in [0.29, 0.717) is 18.1 Å². The minimum atomic E-state index is -0.240. The van der Waals surface area contributed by atoms with E-state index < -0.39 is 0 Å². The zero-order valence-corrected chi connectivity index (χ0v) is 11.4. The third-order valence-electron chi connectivity index (χ3n) is 2.35. The zero-order chi connectivity index (χ0) is 11.5. The van der Waals surface area contributed by atoms with Crippen molar-refractivity contribution in [3.8, 4) is 0 Å². The number of rotatable bonds is 3. The number of nitrogens with two attached hydrogens (primary N) is 1. The quantitative estimate of drug-likeness (QED) is 0.887. The second kappa shape index (κ2) is 7.15. The number of nitrogens with zero attached hydrogens (tertiary/aromatic N) is 3. The second-order valence-electron chi connectivity index (χ2n) is 3.58. The lowest BCUT2D eigenvalue weighted by Gasteiger charge is -2.07. The van der Waals surface area contributed by atoms with Crippen molar-refractivity contribution >= 4 is 42.3 Å². The molecule has 0 radical (unpaired) electrons. The number of aromatic nitrogens is 3. The van der Waals surface area contributed by atoms with Gasteiger partial charge in [-0.2, -0.15) is 0 Å². The number of pyridine rings is 1. The molecule has 18 heavy (non-hydrogen) atoms. The molecule has 0 aliphatic rings. The first-order valence-corrected chi connectivity index (χ1v) is 5.03. The van der Waals surface area contributed by atoms with Crippen molar-refractivity contribution in [1.82, 2.24) is 14.6 Å². The summed E-state index contributed by atoms with van der Waals surface area (Å²) in [6, 6.07) is 5.52. The van der Waals surface area contributed by atoms with E-state index in [4.69, 9.17) is 5.73 Å². The van der Waals surface area contributed by atoms with E-state index >= 15 is 0 Å². The number of anilines is 1. The van der Waals surface area contributed by atoms with Crippen LogP contribution >= 0.6 is 24.8 Å². The highest BCUT2D eigenvalue weighted by molar-refractivity contribution is 5.91. The van der Waals surface area contributed by atoms with Gasteiger partial charge in [0, 0.05) is 18.7 Å². The van der Waals surface area contributed by atoms with Gasteiger partial charge < -0.3 is 5.73 Å². The Bertz CT molecular complexity index is 516. The predicted octanol–water partition coefficient (Wildman–Crippen LogP) is 1.11. The maximum atomic E-state index is 11.6. The molecule has 2 aromatic heterocycles. The Labute approximate surface area is 117 Å². The van der Waals surface area contributed by atoms with Gasteiger partial charge in [-0.25, -0.2) is 0 Å². The molecule has 2 heterocycles. The highest BCUT2D eigenvalue weighted by Crippen LogP contribution is 2.08. The summed E-state index contributed by atoms with van der Waals surface area (Å²) in [5.41, 5.74) is 6.10. The van der Waals surface area contributed by atoms with Crippen LogP contribution in [0.2, 0.25) is 0 Å². The summed E-state index contributed by atoms with van der Waals surface area (Å²) in [5.74, 6) is 0.0256. The number of carbonyl (C=O) groups is 1. The zero-order valence-electron chi connectivity index (χ0n) is 9.74. The van der Waals surface area contributed by atoms with Crippen LogP contribution in [0.4, 0.5) is 5.95 Å². The van der Waals surface area contributed by atoms with Gasteiger partial charge in [-0.15, -0.1) is 35.0 Å². The lowest BCUT2D eigenvalue weighted by Crippen LogP contribution is -2.27. The van der Waals surface area contributed by atoms with E-state index in [-0.39, 0.29) is 36.6 Å². The standard InChI is InChI=1S/C10H13N5O.2ClH/c1-7(6-11)9(16)12-10-14-13-8-4-2-3-5-15(8)10;;/h2-5,7H,6,11H2,1H3,(H,12,14,16);2*1H. The minimum Gasteiger partial charge on any atom is -0.330 e. The van der Waals surface area contributed by atoms with Crippen LogP contribution < -0.4 is 11.1 Å². The number of amides is 1. The van der Waals surface area contributed by atoms with Crippen LogP contribution in [-0.4, -0.2) is 27.0 Å². The van der Waals surface area contributed by atoms with Gasteiger partial charge in [0.1, 0.15) is 0 Å². The Kier molecular flexibility index (Phi) is 6.61. The summed E-state index contributed by atoms with van der Waals surface area (Å²) in [5, 5.41) is 10.5. The first kappa shape index (κ1) is 16.6. The van der Waals surface area contributed by atoms with Gasteiger partial charge in [0.15, 0.2) is 5.65 Å². The second-order valence-corrected chi connectivity index (χ2v) is 3.58. The fraction of sp³-hybridized carbons (Fsp3) is 0.300. The number of carbonyl (C=O) groups excluding carboxylic acids is 1. The molecule has 1 atom stereocenters. The molecule has 1 unspecified atom stereocenters. The van der Waals surface area contributed by atoms with Gasteiger partial charge in [-0.05, 0) is 12.1 Å². The Morgan fingerprint density at radius 2 is 2.17 bits per heavy atom. The summed E-state index contributed by atoms with van der Waals surface area (Å²) < 4.78 is 1.71. The summed E-state index contributed by atoms with van der Waals surface area (Å²) in [4.78, 5) is 11.6. The summed E-state index contributed by atoms with van der Waals surface area (Å²) >= 11 is 0. The molecule has 0 aliphatic carbocycles. The van der Waals surface area contributed by atoms with E-state index in [1.807, 2.05) is 18.2 Å². The molecule has 0 saturated carbocycles. The number of halogens is 2. The SMILES string of the molecule is CC(CN)C(=O)Nc1nnc2ccccn12.Cl.Cl. The lowest BCUT2D eigenvalue weighted by molar-refractivity contribution is -0.119. The monoisotopic (exact) mass is 291 g/mol. The van der Waals surface area contributed by atoms with Gasteiger partial charge in [0.05, 0.1) is 0 Å². The maximum Gasteiger partial charge on any atom is 0.235 e. The predicted molar refractivity (Wildman–Crippen MR) is 74.3 cm³/mol. The highest BCUT2D eigenvalue weighted by Gasteiger charge is 2.13. The molecule has 0 aromatic carbocycles. The molecular weight excluding hydrogens is 277 g/mol. The van der Waals surface area contributed by atoms with Gasteiger partial charge >= 0.3 is 0 Å². The van der Waals surface area contributed by atoms with E-state index in [0.717, 1.165) is 0 Å². The fourth-order valence-corrected chi connectivity index (χ4v) is 1.27. The van der Waals surface area contributed by atoms with Crippen molar-refractivity contribution in [2.24, 2.45) is 11.7 Å². The van der Waals surface area contributed by atoms with Gasteiger partial charge in [0.2, 0.25) is 11.9 Å². The summed E-state index contributed by atoms with van der Waals surface area (Å²) in [7, 11) is 0. The molecule has 2 aromatic rings. The number of hydrogen-bond donors (Lipinski definition) is 2. The van der Waals surface area contributed by atoms with Crippen LogP contribution in [0.5, 0.6) is 0 Å². The largest absolute Gasteiger partial charge is 0.330 e. The van der Waals surface area contributed by atoms with Crippen LogP contribution in [0.1, 0.15) is 6.92 Å². The Morgan fingerprint density at radius 3 is 2.83 bits per heavy atom. The molecular formula is C10H15Cl2N5O. The topological polar surface area (TPSA) is 85.3 Å². The Balaban J connectivity index is 0.00000144. The minimum absolute atomic E-state index is 0. The van der Waals surface area contributed by atoms with Gasteiger partial charge in [-0.3, -0.25) is 14.5 Å². The molecule has 3 N–H and O–H groups in total. The fourth-order valence-electron chi connectivity index (χ4n) is 1.27. The number of fused-ring (bicyclic) bond motifs is 1. The van der Waals surface area contributed by atoms with Crippen LogP contribution in [0, 0.1) is 5.92 Å². The average Bonchev–Trinajstić information content (AvgIpc) is 2.72. The third kappa shape index (κ3) is 3.32. The van der Waals surface area contributed by atoms with Crippen molar-refractivity contribution in [1.29, 1.82) is 0 Å². The van der Waals surface area contributed by atoms with Crippen LogP contribution in [0.25, 0.3) is 5.65 Å². The first-order valence-electron chi connectivity index (χ1n) is 5.03. The molecule has 0 bridgehead atoms. The van der Waals surface area contributed by atoms with Crippen molar-refractivity contribution in [3.63, 3.8) is 0 Å². The Hall–Kier alpha value is -1.37. The van der Waals surface area contributed by atoms with E-state index in [2.05, 4.69) is 15.5 Å². The van der Waals surface area contributed by atoms with Gasteiger partial charge in [-0.1, -0.05) is 13.0 Å². The highest BCUT2D eigenvalue weighted by atomic mass is 35.5. The van der Waals surface area contributed by atoms with E-state index in [9.17, 15) is 4.79 Å². The normalized spacial score (nSPS) is 11.2. The average molecular weight is 292 g/mol. The van der Waals surface area contributed by atoms with Crippen molar-refractivity contribution in [2.45, 2.75) is 6.92 Å². The molecule has 8 heteroatoms. The van der Waals surface area contributed by atoms with Crippen molar-refractivity contribution < 1.29 is 4.79 Å². The van der Waals surface area contributed by atoms with E-state index in [1.165, 1.54) is 0 Å². The van der Waals surface area contributed by atoms with Crippen LogP contribution in [0.15, 0.2) is 24.4 Å². The van der Waals surface area contributed by atoms with Crippen molar-refractivity contribution in [3.05, 3.63) is 24.4 Å². The maximum absolute atomic E-state index is 11.6. The lowest BCUT2D eigenvalue weighted by atomic mass is 10.2. The van der Waals surface area contributed by atoms with E-state index in [1.54, 1.807) is 17.5 Å². The van der Waals surface area contributed by atoms with Gasteiger partial charge in [0.25, 0.3) is 0 Å². The molecule has 0 spiro atoms. The molecule has 0 fully saturated rings. The summed E-state index contributed by atoms with van der Waals surface area (Å²) in [6.45, 7) is 2.07. The molecule has 2 rings (SSSR count). The smallest absolute Gasteiger partial charge is 0.235 e. The molecule has 6 nitrogen and oxygen atoms in total. The number of nitrogens with one attached hydrogen (secondary N) is 1. The molecule has 1 amide bonds.